The number of methoxy groups -OCH3 is 2. The second-order valence-corrected chi connectivity index (χ2v) is 4.49. The summed E-state index contributed by atoms with van der Waals surface area (Å²) in [6, 6.07) is 7.52. The zero-order valence-corrected chi connectivity index (χ0v) is 12.2. The van der Waals surface area contributed by atoms with Crippen molar-refractivity contribution in [3.63, 3.8) is 0 Å². The van der Waals surface area contributed by atoms with Gasteiger partial charge in [-0.05, 0) is 30.2 Å². The van der Waals surface area contributed by atoms with Gasteiger partial charge in [-0.2, -0.15) is 5.10 Å². The molecule has 0 aliphatic heterocycles. The van der Waals surface area contributed by atoms with Crippen LogP contribution in [0.15, 0.2) is 36.7 Å². The van der Waals surface area contributed by atoms with E-state index in [0.29, 0.717) is 18.0 Å². The molecule has 2 aromatic rings. The number of aromatic nitrogens is 2. The summed E-state index contributed by atoms with van der Waals surface area (Å²) in [5.74, 6) is 1.33. The van der Waals surface area contributed by atoms with Gasteiger partial charge in [-0.15, -0.1) is 0 Å². The molecule has 1 aromatic heterocycles. The third-order valence-electron chi connectivity index (χ3n) is 3.05. The maximum absolute atomic E-state index is 11.7. The summed E-state index contributed by atoms with van der Waals surface area (Å²) in [5, 5.41) is 6.85. The fraction of sp³-hybridized carbons (Fsp3) is 0.333. The van der Waals surface area contributed by atoms with Crippen molar-refractivity contribution in [1.29, 1.82) is 0 Å². The van der Waals surface area contributed by atoms with Crippen LogP contribution < -0.4 is 14.8 Å². The van der Waals surface area contributed by atoms with Crippen molar-refractivity contribution >= 4 is 5.91 Å². The highest BCUT2D eigenvalue weighted by Gasteiger charge is 2.06. The molecule has 21 heavy (non-hydrogen) atoms. The number of rotatable bonds is 7. The topological polar surface area (TPSA) is 65.4 Å². The van der Waals surface area contributed by atoms with Gasteiger partial charge >= 0.3 is 0 Å². The number of carbonyl (C=O) groups is 1. The smallest absolute Gasteiger partial charge is 0.241 e. The third kappa shape index (κ3) is 4.24. The van der Waals surface area contributed by atoms with E-state index in [0.717, 1.165) is 12.0 Å². The second-order valence-electron chi connectivity index (χ2n) is 4.49. The molecular formula is C15H19N3O3. The fourth-order valence-corrected chi connectivity index (χ4v) is 1.98. The van der Waals surface area contributed by atoms with Crippen LogP contribution in [0.4, 0.5) is 0 Å². The second kappa shape index (κ2) is 7.33. The summed E-state index contributed by atoms with van der Waals surface area (Å²) < 4.78 is 12.0. The predicted molar refractivity (Wildman–Crippen MR) is 78.5 cm³/mol. The number of hydrogen-bond donors (Lipinski definition) is 1. The maximum atomic E-state index is 11.7. The molecule has 0 aliphatic rings. The van der Waals surface area contributed by atoms with Crippen LogP contribution >= 0.6 is 0 Å². The Morgan fingerprint density at radius 1 is 1.29 bits per heavy atom. The molecule has 0 spiro atoms. The van der Waals surface area contributed by atoms with Gasteiger partial charge in [-0.3, -0.25) is 9.48 Å². The van der Waals surface area contributed by atoms with E-state index in [-0.39, 0.29) is 12.5 Å². The summed E-state index contributed by atoms with van der Waals surface area (Å²) in [4.78, 5) is 11.7. The molecule has 0 unspecified atom stereocenters. The third-order valence-corrected chi connectivity index (χ3v) is 3.05. The van der Waals surface area contributed by atoms with Crippen molar-refractivity contribution in [2.45, 2.75) is 13.0 Å². The number of hydrogen-bond acceptors (Lipinski definition) is 4. The maximum Gasteiger partial charge on any atom is 0.241 e. The minimum Gasteiger partial charge on any atom is -0.493 e. The quantitative estimate of drug-likeness (QED) is 0.833. The van der Waals surface area contributed by atoms with Gasteiger partial charge in [0, 0.05) is 18.9 Å². The first kappa shape index (κ1) is 14.9. The van der Waals surface area contributed by atoms with Crippen molar-refractivity contribution in [2.24, 2.45) is 0 Å². The Bertz CT molecular complexity index is 582. The van der Waals surface area contributed by atoms with Gasteiger partial charge in [0.05, 0.1) is 14.2 Å². The first-order valence-electron chi connectivity index (χ1n) is 6.68. The average Bonchev–Trinajstić information content (AvgIpc) is 2.99. The SMILES string of the molecule is COc1ccc(CCNC(=O)Cn2cccn2)cc1OC. The molecule has 0 bridgehead atoms. The molecule has 6 nitrogen and oxygen atoms in total. The Labute approximate surface area is 123 Å². The van der Waals surface area contributed by atoms with Crippen LogP contribution in [0.2, 0.25) is 0 Å². The highest BCUT2D eigenvalue weighted by atomic mass is 16.5. The van der Waals surface area contributed by atoms with Gasteiger partial charge in [-0.25, -0.2) is 0 Å². The number of carbonyl (C=O) groups excluding carboxylic acids is 1. The summed E-state index contributed by atoms with van der Waals surface area (Å²) in [6.45, 7) is 0.800. The van der Waals surface area contributed by atoms with Crippen LogP contribution in [0.25, 0.3) is 0 Å². The number of nitrogens with one attached hydrogen (secondary N) is 1. The zero-order chi connectivity index (χ0) is 15.1. The molecule has 0 radical (unpaired) electrons. The summed E-state index contributed by atoms with van der Waals surface area (Å²) in [5.41, 5.74) is 1.08. The van der Waals surface area contributed by atoms with E-state index < -0.39 is 0 Å². The number of nitrogens with zero attached hydrogens (tertiary/aromatic N) is 2. The molecule has 0 fully saturated rings. The van der Waals surface area contributed by atoms with Crippen LogP contribution in [-0.2, 0) is 17.8 Å². The average molecular weight is 289 g/mol. The molecular weight excluding hydrogens is 270 g/mol. The molecule has 2 rings (SSSR count). The highest BCUT2D eigenvalue weighted by molar-refractivity contribution is 5.75. The van der Waals surface area contributed by atoms with Gasteiger partial charge in [-0.1, -0.05) is 6.07 Å². The van der Waals surface area contributed by atoms with Crippen LogP contribution in [-0.4, -0.2) is 36.5 Å². The lowest BCUT2D eigenvalue weighted by molar-refractivity contribution is -0.121. The predicted octanol–water partition coefficient (Wildman–Crippen LogP) is 1.26. The molecule has 0 saturated carbocycles. The van der Waals surface area contributed by atoms with E-state index in [9.17, 15) is 4.79 Å². The minimum absolute atomic E-state index is 0.0563. The van der Waals surface area contributed by atoms with E-state index in [1.807, 2.05) is 18.2 Å². The Morgan fingerprint density at radius 2 is 2.10 bits per heavy atom. The molecule has 0 aliphatic carbocycles. The van der Waals surface area contributed by atoms with E-state index >= 15 is 0 Å². The molecule has 0 saturated heterocycles. The summed E-state index contributed by atoms with van der Waals surface area (Å²) >= 11 is 0. The zero-order valence-electron chi connectivity index (χ0n) is 12.2. The normalized spacial score (nSPS) is 10.2. The Kier molecular flexibility index (Phi) is 5.20. The molecule has 1 aromatic carbocycles. The van der Waals surface area contributed by atoms with Gasteiger partial charge in [0.15, 0.2) is 11.5 Å². The fourth-order valence-electron chi connectivity index (χ4n) is 1.98. The van der Waals surface area contributed by atoms with E-state index in [4.69, 9.17) is 9.47 Å². The molecule has 1 N–H and O–H groups in total. The largest absolute Gasteiger partial charge is 0.493 e. The molecule has 6 heteroatoms. The molecule has 1 amide bonds. The molecule has 112 valence electrons. The number of benzene rings is 1. The molecule has 1 heterocycles. The summed E-state index contributed by atoms with van der Waals surface area (Å²) in [6.07, 6.45) is 4.13. The monoisotopic (exact) mass is 289 g/mol. The van der Waals surface area contributed by atoms with E-state index in [1.54, 1.807) is 37.4 Å². The van der Waals surface area contributed by atoms with Crippen LogP contribution in [0.3, 0.4) is 0 Å². The Balaban J connectivity index is 1.81. The van der Waals surface area contributed by atoms with Gasteiger partial charge < -0.3 is 14.8 Å². The first-order valence-corrected chi connectivity index (χ1v) is 6.68. The Hall–Kier alpha value is -2.50. The number of ether oxygens (including phenoxy) is 2. The number of amides is 1. The van der Waals surface area contributed by atoms with Gasteiger partial charge in [0.25, 0.3) is 0 Å². The standard InChI is InChI=1S/C15H19N3O3/c1-20-13-5-4-12(10-14(13)21-2)6-8-16-15(19)11-18-9-3-7-17-18/h3-5,7,9-10H,6,8,11H2,1-2H3,(H,16,19). The summed E-state index contributed by atoms with van der Waals surface area (Å²) in [7, 11) is 3.21. The Morgan fingerprint density at radius 3 is 2.76 bits per heavy atom. The van der Waals surface area contributed by atoms with Gasteiger partial charge in [0.1, 0.15) is 6.54 Å². The van der Waals surface area contributed by atoms with Crippen molar-refractivity contribution in [2.75, 3.05) is 20.8 Å². The van der Waals surface area contributed by atoms with E-state index in [1.165, 1.54) is 0 Å². The first-order chi connectivity index (χ1) is 10.2. The minimum atomic E-state index is -0.0563. The van der Waals surface area contributed by atoms with Crippen molar-refractivity contribution in [1.82, 2.24) is 15.1 Å². The highest BCUT2D eigenvalue weighted by Crippen LogP contribution is 2.27. The van der Waals surface area contributed by atoms with Crippen LogP contribution in [0.5, 0.6) is 11.5 Å². The van der Waals surface area contributed by atoms with Crippen molar-refractivity contribution in [3.8, 4) is 11.5 Å². The lowest BCUT2D eigenvalue weighted by Crippen LogP contribution is -2.29. The van der Waals surface area contributed by atoms with Crippen molar-refractivity contribution < 1.29 is 14.3 Å². The van der Waals surface area contributed by atoms with Crippen LogP contribution in [0.1, 0.15) is 5.56 Å². The molecule has 0 atom stereocenters. The van der Waals surface area contributed by atoms with E-state index in [2.05, 4.69) is 10.4 Å². The lowest BCUT2D eigenvalue weighted by atomic mass is 10.1. The van der Waals surface area contributed by atoms with Crippen LogP contribution in [0, 0.1) is 0 Å². The van der Waals surface area contributed by atoms with Crippen molar-refractivity contribution in [3.05, 3.63) is 42.2 Å². The van der Waals surface area contributed by atoms with Gasteiger partial charge in [0.2, 0.25) is 5.91 Å². The lowest BCUT2D eigenvalue weighted by Gasteiger charge is -2.10.